The van der Waals surface area contributed by atoms with E-state index in [9.17, 15) is 4.39 Å². The Morgan fingerprint density at radius 2 is 1.96 bits per heavy atom. The van der Waals surface area contributed by atoms with E-state index < -0.39 is 0 Å². The fourth-order valence-corrected chi connectivity index (χ4v) is 3.99. The largest absolute Gasteiger partial charge is 0.385 e. The SMILES string of the molecule is C=C(NCCc1c(C)[nH]c2c(F)ccc(C)c12)c1ccc(-c2csnn2)cc1. The van der Waals surface area contributed by atoms with Crippen LogP contribution in [0.3, 0.4) is 0 Å². The van der Waals surface area contributed by atoms with Crippen LogP contribution < -0.4 is 5.32 Å². The van der Waals surface area contributed by atoms with Gasteiger partial charge in [-0.05, 0) is 54.6 Å². The van der Waals surface area contributed by atoms with Gasteiger partial charge in [-0.3, -0.25) is 0 Å². The molecule has 4 nitrogen and oxygen atoms in total. The van der Waals surface area contributed by atoms with Crippen LogP contribution >= 0.6 is 11.5 Å². The monoisotopic (exact) mass is 392 g/mol. The third-order valence-electron chi connectivity index (χ3n) is 5.03. The first-order valence-electron chi connectivity index (χ1n) is 9.11. The zero-order valence-corrected chi connectivity index (χ0v) is 16.7. The molecule has 28 heavy (non-hydrogen) atoms. The summed E-state index contributed by atoms with van der Waals surface area (Å²) in [5.74, 6) is -0.206. The van der Waals surface area contributed by atoms with Crippen LogP contribution in [-0.4, -0.2) is 21.1 Å². The van der Waals surface area contributed by atoms with Crippen LogP contribution in [0.15, 0.2) is 48.4 Å². The smallest absolute Gasteiger partial charge is 0.147 e. The van der Waals surface area contributed by atoms with Crippen molar-refractivity contribution in [3.8, 4) is 11.3 Å². The lowest BCUT2D eigenvalue weighted by Crippen LogP contribution is -2.15. The number of H-pyrrole nitrogens is 1. The van der Waals surface area contributed by atoms with E-state index in [2.05, 4.69) is 26.5 Å². The van der Waals surface area contributed by atoms with Crippen molar-refractivity contribution in [3.63, 3.8) is 0 Å². The molecule has 0 fully saturated rings. The summed E-state index contributed by atoms with van der Waals surface area (Å²) in [5, 5.41) is 10.4. The molecular weight excluding hydrogens is 371 g/mol. The lowest BCUT2D eigenvalue weighted by molar-refractivity contribution is 0.637. The van der Waals surface area contributed by atoms with E-state index in [-0.39, 0.29) is 5.82 Å². The predicted molar refractivity (Wildman–Crippen MR) is 114 cm³/mol. The second-order valence-electron chi connectivity index (χ2n) is 6.87. The summed E-state index contributed by atoms with van der Waals surface area (Å²) in [5.41, 5.74) is 7.66. The first kappa shape index (κ1) is 18.4. The highest BCUT2D eigenvalue weighted by Gasteiger charge is 2.13. The molecule has 2 aromatic carbocycles. The molecule has 142 valence electrons. The first-order chi connectivity index (χ1) is 13.5. The Kier molecular flexibility index (Phi) is 4.96. The fraction of sp³-hybridized carbons (Fsp3) is 0.182. The van der Waals surface area contributed by atoms with Crippen LogP contribution in [0.5, 0.6) is 0 Å². The van der Waals surface area contributed by atoms with Crippen molar-refractivity contribution in [3.05, 3.63) is 76.6 Å². The molecule has 0 unspecified atom stereocenters. The minimum atomic E-state index is -0.206. The number of nitrogens with one attached hydrogen (secondary N) is 2. The maximum absolute atomic E-state index is 14.1. The van der Waals surface area contributed by atoms with E-state index in [0.29, 0.717) is 5.52 Å². The summed E-state index contributed by atoms with van der Waals surface area (Å²) in [6.45, 7) is 8.88. The molecule has 0 aliphatic heterocycles. The number of aryl methyl sites for hydroxylation is 2. The summed E-state index contributed by atoms with van der Waals surface area (Å²) in [6, 6.07) is 11.5. The molecule has 0 spiro atoms. The number of hydrogen-bond donors (Lipinski definition) is 2. The highest BCUT2D eigenvalue weighted by molar-refractivity contribution is 7.03. The number of halogens is 1. The predicted octanol–water partition coefficient (Wildman–Crippen LogP) is 5.25. The van der Waals surface area contributed by atoms with Crippen molar-refractivity contribution >= 4 is 28.1 Å². The highest BCUT2D eigenvalue weighted by Crippen LogP contribution is 2.28. The summed E-state index contributed by atoms with van der Waals surface area (Å²) >= 11 is 1.34. The number of hydrogen-bond acceptors (Lipinski definition) is 4. The Bertz CT molecular complexity index is 1130. The van der Waals surface area contributed by atoms with Crippen molar-refractivity contribution in [1.29, 1.82) is 0 Å². The van der Waals surface area contributed by atoms with Crippen LogP contribution in [-0.2, 0) is 6.42 Å². The Morgan fingerprint density at radius 3 is 2.68 bits per heavy atom. The molecular formula is C22H21FN4S. The average Bonchev–Trinajstić information content (AvgIpc) is 3.34. The molecule has 4 rings (SSSR count). The van der Waals surface area contributed by atoms with Gasteiger partial charge in [-0.2, -0.15) is 0 Å². The first-order valence-corrected chi connectivity index (χ1v) is 9.95. The highest BCUT2D eigenvalue weighted by atomic mass is 32.1. The maximum Gasteiger partial charge on any atom is 0.147 e. The zero-order chi connectivity index (χ0) is 19.7. The average molecular weight is 393 g/mol. The number of aromatic nitrogens is 3. The lowest BCUT2D eigenvalue weighted by Gasteiger charge is -2.11. The summed E-state index contributed by atoms with van der Waals surface area (Å²) in [6.07, 6.45) is 0.789. The van der Waals surface area contributed by atoms with Gasteiger partial charge in [-0.15, -0.1) is 5.10 Å². The van der Waals surface area contributed by atoms with Gasteiger partial charge in [0.15, 0.2) is 0 Å². The zero-order valence-electron chi connectivity index (χ0n) is 15.8. The van der Waals surface area contributed by atoms with Crippen LogP contribution in [0.4, 0.5) is 4.39 Å². The quantitative estimate of drug-likeness (QED) is 0.471. The van der Waals surface area contributed by atoms with E-state index >= 15 is 0 Å². The van der Waals surface area contributed by atoms with E-state index in [0.717, 1.165) is 57.7 Å². The van der Waals surface area contributed by atoms with Gasteiger partial charge in [0.25, 0.3) is 0 Å². The van der Waals surface area contributed by atoms with Gasteiger partial charge in [0.2, 0.25) is 0 Å². The van der Waals surface area contributed by atoms with Crippen molar-refractivity contribution < 1.29 is 4.39 Å². The topological polar surface area (TPSA) is 53.6 Å². The number of fused-ring (bicyclic) bond motifs is 1. The molecule has 0 saturated carbocycles. The number of benzene rings is 2. The molecule has 0 amide bonds. The minimum Gasteiger partial charge on any atom is -0.385 e. The second-order valence-corrected chi connectivity index (χ2v) is 7.48. The normalized spacial score (nSPS) is 11.1. The van der Waals surface area contributed by atoms with Crippen LogP contribution in [0.25, 0.3) is 27.9 Å². The molecule has 0 bridgehead atoms. The Balaban J connectivity index is 1.44. The van der Waals surface area contributed by atoms with Gasteiger partial charge in [-0.1, -0.05) is 41.4 Å². The molecule has 0 aliphatic rings. The molecule has 6 heteroatoms. The molecule has 2 N–H and O–H groups in total. The Hall–Kier alpha value is -2.99. The van der Waals surface area contributed by atoms with Gasteiger partial charge in [0.1, 0.15) is 11.5 Å². The van der Waals surface area contributed by atoms with E-state index in [4.69, 9.17) is 0 Å². The van der Waals surface area contributed by atoms with E-state index in [1.54, 1.807) is 0 Å². The summed E-state index contributed by atoms with van der Waals surface area (Å²) < 4.78 is 18.0. The minimum absolute atomic E-state index is 0.206. The molecule has 4 aromatic rings. The van der Waals surface area contributed by atoms with Gasteiger partial charge in [0.05, 0.1) is 5.52 Å². The standard InChI is InChI=1S/C22H21FN4S/c1-13-4-9-19(23)22-21(13)18(15(3)25-22)10-11-24-14(2)16-5-7-17(8-6-16)20-12-28-27-26-20/h4-9,12,24-25H,2,10-11H2,1,3H3. The number of aromatic amines is 1. The molecule has 2 heterocycles. The van der Waals surface area contributed by atoms with E-state index in [1.807, 2.05) is 49.6 Å². The summed E-state index contributed by atoms with van der Waals surface area (Å²) in [7, 11) is 0. The molecule has 0 saturated heterocycles. The van der Waals surface area contributed by atoms with Crippen molar-refractivity contribution in [2.75, 3.05) is 6.54 Å². The van der Waals surface area contributed by atoms with Crippen LogP contribution in [0.1, 0.15) is 22.4 Å². The molecule has 0 aliphatic carbocycles. The molecule has 2 aromatic heterocycles. The van der Waals surface area contributed by atoms with Gasteiger partial charge >= 0.3 is 0 Å². The van der Waals surface area contributed by atoms with Crippen molar-refractivity contribution in [2.45, 2.75) is 20.3 Å². The van der Waals surface area contributed by atoms with Gasteiger partial charge in [-0.25, -0.2) is 4.39 Å². The third kappa shape index (κ3) is 3.43. The molecule has 0 radical (unpaired) electrons. The number of rotatable bonds is 6. The van der Waals surface area contributed by atoms with Gasteiger partial charge < -0.3 is 10.3 Å². The summed E-state index contributed by atoms with van der Waals surface area (Å²) in [4.78, 5) is 3.19. The Morgan fingerprint density at radius 1 is 1.18 bits per heavy atom. The van der Waals surface area contributed by atoms with Crippen LogP contribution in [0, 0.1) is 19.7 Å². The number of nitrogens with zero attached hydrogens (tertiary/aromatic N) is 2. The van der Waals surface area contributed by atoms with Crippen molar-refractivity contribution in [1.82, 2.24) is 19.9 Å². The lowest BCUT2D eigenvalue weighted by atomic mass is 10.0. The third-order valence-corrected chi connectivity index (χ3v) is 5.54. The fourth-order valence-electron chi connectivity index (χ4n) is 3.53. The molecule has 0 atom stereocenters. The Labute approximate surface area is 167 Å². The van der Waals surface area contributed by atoms with Crippen LogP contribution in [0.2, 0.25) is 0 Å². The maximum atomic E-state index is 14.1. The second kappa shape index (κ2) is 7.56. The van der Waals surface area contributed by atoms with Gasteiger partial charge in [0, 0.05) is 34.3 Å². The van der Waals surface area contributed by atoms with Crippen molar-refractivity contribution in [2.24, 2.45) is 0 Å². The van der Waals surface area contributed by atoms with E-state index in [1.165, 1.54) is 17.6 Å².